The van der Waals surface area contributed by atoms with E-state index < -0.39 is 23.6 Å². The lowest BCUT2D eigenvalue weighted by molar-refractivity contribution is -0.127. The molecular formula is C19H15FN2O4S. The van der Waals surface area contributed by atoms with E-state index in [4.69, 9.17) is 10.5 Å². The number of amides is 3. The molecule has 27 heavy (non-hydrogen) atoms. The van der Waals surface area contributed by atoms with Crippen molar-refractivity contribution in [2.75, 3.05) is 6.54 Å². The fraction of sp³-hybridized carbons (Fsp3) is 0.105. The monoisotopic (exact) mass is 386 g/mol. The molecule has 0 radical (unpaired) electrons. The van der Waals surface area contributed by atoms with Gasteiger partial charge in [-0.2, -0.15) is 0 Å². The first-order chi connectivity index (χ1) is 13.0. The van der Waals surface area contributed by atoms with Gasteiger partial charge >= 0.3 is 0 Å². The smallest absolute Gasteiger partial charge is 0.294 e. The molecule has 3 amide bonds. The number of hydrogen-bond donors (Lipinski definition) is 1. The van der Waals surface area contributed by atoms with E-state index in [1.165, 1.54) is 12.1 Å². The summed E-state index contributed by atoms with van der Waals surface area (Å²) >= 11 is 0.719. The lowest BCUT2D eigenvalue weighted by Crippen LogP contribution is -2.36. The Morgan fingerprint density at radius 3 is 2.59 bits per heavy atom. The van der Waals surface area contributed by atoms with E-state index in [0.717, 1.165) is 16.7 Å². The molecule has 3 rings (SSSR count). The fourth-order valence-corrected chi connectivity index (χ4v) is 3.26. The second kappa shape index (κ2) is 8.05. The summed E-state index contributed by atoms with van der Waals surface area (Å²) < 4.78 is 19.4. The molecule has 6 nitrogen and oxygen atoms in total. The molecule has 1 saturated heterocycles. The second-order valence-electron chi connectivity index (χ2n) is 5.65. The zero-order chi connectivity index (χ0) is 19.4. The number of ether oxygens (including phenoxy) is 1. The molecule has 2 N–H and O–H groups in total. The minimum atomic E-state index is -0.771. The number of carbonyl (C=O) groups is 3. The zero-order valence-electron chi connectivity index (χ0n) is 14.1. The average molecular weight is 386 g/mol. The third kappa shape index (κ3) is 4.35. The van der Waals surface area contributed by atoms with Gasteiger partial charge in [0, 0.05) is 11.1 Å². The SMILES string of the molecule is NC(=O)CN1C(=O)S/C(=C\c2ccccc2OCc2ccccc2F)C1=O. The van der Waals surface area contributed by atoms with E-state index in [9.17, 15) is 18.8 Å². The molecule has 138 valence electrons. The van der Waals surface area contributed by atoms with Gasteiger partial charge in [-0.15, -0.1) is 0 Å². The second-order valence-corrected chi connectivity index (χ2v) is 6.65. The number of nitrogens with two attached hydrogens (primary N) is 1. The minimum absolute atomic E-state index is 0.0146. The molecular weight excluding hydrogens is 371 g/mol. The first kappa shape index (κ1) is 18.7. The number of hydrogen-bond acceptors (Lipinski definition) is 5. The third-order valence-corrected chi connectivity index (χ3v) is 4.64. The molecule has 0 saturated carbocycles. The van der Waals surface area contributed by atoms with E-state index in [2.05, 4.69) is 0 Å². The largest absolute Gasteiger partial charge is 0.488 e. The quantitative estimate of drug-likeness (QED) is 0.771. The summed E-state index contributed by atoms with van der Waals surface area (Å²) in [6.07, 6.45) is 1.50. The van der Waals surface area contributed by atoms with E-state index in [1.54, 1.807) is 42.5 Å². The molecule has 1 fully saturated rings. The maximum absolute atomic E-state index is 13.7. The van der Waals surface area contributed by atoms with E-state index in [0.29, 0.717) is 16.9 Å². The number of halogens is 1. The summed E-state index contributed by atoms with van der Waals surface area (Å²) in [5.74, 6) is -1.30. The van der Waals surface area contributed by atoms with Crippen molar-refractivity contribution in [3.05, 3.63) is 70.4 Å². The Labute approximate surface area is 158 Å². The molecule has 1 aliphatic heterocycles. The summed E-state index contributed by atoms with van der Waals surface area (Å²) in [6.45, 7) is -0.450. The van der Waals surface area contributed by atoms with Crippen LogP contribution >= 0.6 is 11.8 Å². The maximum Gasteiger partial charge on any atom is 0.294 e. The van der Waals surface area contributed by atoms with E-state index >= 15 is 0 Å². The van der Waals surface area contributed by atoms with Crippen molar-refractivity contribution in [2.45, 2.75) is 6.61 Å². The van der Waals surface area contributed by atoms with Crippen LogP contribution in [0.25, 0.3) is 6.08 Å². The van der Waals surface area contributed by atoms with Crippen LogP contribution in [0.15, 0.2) is 53.4 Å². The summed E-state index contributed by atoms with van der Waals surface area (Å²) in [5, 5.41) is -0.560. The first-order valence-electron chi connectivity index (χ1n) is 7.94. The van der Waals surface area contributed by atoms with Gasteiger partial charge in [0.25, 0.3) is 11.1 Å². The highest BCUT2D eigenvalue weighted by Gasteiger charge is 2.35. The Bertz CT molecular complexity index is 945. The first-order valence-corrected chi connectivity index (χ1v) is 8.76. The van der Waals surface area contributed by atoms with Crippen molar-refractivity contribution in [1.82, 2.24) is 4.90 Å². The Morgan fingerprint density at radius 1 is 1.15 bits per heavy atom. The molecule has 2 aromatic carbocycles. The Kier molecular flexibility index (Phi) is 5.56. The van der Waals surface area contributed by atoms with Crippen LogP contribution in [0.4, 0.5) is 9.18 Å². The summed E-state index contributed by atoms with van der Waals surface area (Å²) in [4.78, 5) is 36.2. The molecule has 1 aliphatic rings. The van der Waals surface area contributed by atoms with Crippen molar-refractivity contribution < 1.29 is 23.5 Å². The van der Waals surface area contributed by atoms with Gasteiger partial charge in [0.15, 0.2) is 0 Å². The molecule has 0 aliphatic carbocycles. The van der Waals surface area contributed by atoms with Gasteiger partial charge < -0.3 is 10.5 Å². The standard InChI is InChI=1S/C19H15FN2O4S/c20-14-7-3-1-6-13(14)11-26-15-8-4-2-5-12(15)9-16-18(24)22(10-17(21)23)19(25)27-16/h1-9H,10-11H2,(H2,21,23)/b16-9-. The molecule has 0 unspecified atom stereocenters. The van der Waals surface area contributed by atoms with Crippen molar-refractivity contribution in [3.63, 3.8) is 0 Å². The van der Waals surface area contributed by atoms with Crippen molar-refractivity contribution in [1.29, 1.82) is 0 Å². The molecule has 0 spiro atoms. The van der Waals surface area contributed by atoms with Crippen molar-refractivity contribution in [3.8, 4) is 5.75 Å². The van der Waals surface area contributed by atoms with Gasteiger partial charge in [-0.1, -0.05) is 36.4 Å². The Balaban J connectivity index is 1.81. The Morgan fingerprint density at radius 2 is 1.85 bits per heavy atom. The van der Waals surface area contributed by atoms with Gasteiger partial charge in [-0.3, -0.25) is 19.3 Å². The molecule has 0 atom stereocenters. The van der Waals surface area contributed by atoms with Gasteiger partial charge in [-0.25, -0.2) is 4.39 Å². The van der Waals surface area contributed by atoms with Crippen LogP contribution in [-0.4, -0.2) is 28.5 Å². The predicted molar refractivity (Wildman–Crippen MR) is 99.0 cm³/mol. The highest BCUT2D eigenvalue weighted by Crippen LogP contribution is 2.33. The maximum atomic E-state index is 13.7. The number of para-hydroxylation sites is 1. The number of thioether (sulfide) groups is 1. The number of imide groups is 1. The highest BCUT2D eigenvalue weighted by atomic mass is 32.2. The topological polar surface area (TPSA) is 89.7 Å². The molecule has 1 heterocycles. The lowest BCUT2D eigenvalue weighted by atomic mass is 10.1. The summed E-state index contributed by atoms with van der Waals surface area (Å²) in [5.41, 5.74) is 6.01. The lowest BCUT2D eigenvalue weighted by Gasteiger charge is -2.10. The van der Waals surface area contributed by atoms with Gasteiger partial charge in [-0.05, 0) is 30.0 Å². The molecule has 2 aromatic rings. The zero-order valence-corrected chi connectivity index (χ0v) is 14.9. The summed E-state index contributed by atoms with van der Waals surface area (Å²) in [6, 6.07) is 13.1. The normalized spacial score (nSPS) is 15.4. The Hall–Kier alpha value is -3.13. The number of nitrogens with zero attached hydrogens (tertiary/aromatic N) is 1. The number of rotatable bonds is 6. The van der Waals surface area contributed by atoms with Crippen LogP contribution in [-0.2, 0) is 16.2 Å². The molecule has 0 bridgehead atoms. The van der Waals surface area contributed by atoms with Crippen LogP contribution in [0, 0.1) is 5.82 Å². The van der Waals surface area contributed by atoms with E-state index in [1.807, 2.05) is 0 Å². The third-order valence-electron chi connectivity index (χ3n) is 3.73. The number of carbonyl (C=O) groups excluding carboxylic acids is 3. The van der Waals surface area contributed by atoms with Crippen LogP contribution in [0.3, 0.4) is 0 Å². The van der Waals surface area contributed by atoms with Crippen LogP contribution in [0.2, 0.25) is 0 Å². The number of benzene rings is 2. The van der Waals surface area contributed by atoms with Crippen LogP contribution in [0.1, 0.15) is 11.1 Å². The average Bonchev–Trinajstić information content (AvgIpc) is 2.89. The van der Waals surface area contributed by atoms with Crippen molar-refractivity contribution in [2.24, 2.45) is 5.73 Å². The predicted octanol–water partition coefficient (Wildman–Crippen LogP) is 2.93. The van der Waals surface area contributed by atoms with Crippen molar-refractivity contribution >= 4 is 34.9 Å². The van der Waals surface area contributed by atoms with Gasteiger partial charge in [0.2, 0.25) is 5.91 Å². The van der Waals surface area contributed by atoms with E-state index in [-0.39, 0.29) is 17.3 Å². The molecule has 8 heteroatoms. The van der Waals surface area contributed by atoms with Gasteiger partial charge in [0.05, 0.1) is 4.91 Å². The van der Waals surface area contributed by atoms with Crippen LogP contribution in [0.5, 0.6) is 5.75 Å². The fourth-order valence-electron chi connectivity index (χ4n) is 2.44. The van der Waals surface area contributed by atoms with Crippen LogP contribution < -0.4 is 10.5 Å². The summed E-state index contributed by atoms with van der Waals surface area (Å²) in [7, 11) is 0. The minimum Gasteiger partial charge on any atom is -0.488 e. The number of primary amides is 1. The highest BCUT2D eigenvalue weighted by molar-refractivity contribution is 8.18. The van der Waals surface area contributed by atoms with Gasteiger partial charge in [0.1, 0.15) is 24.7 Å². The molecule has 0 aromatic heterocycles.